The highest BCUT2D eigenvalue weighted by molar-refractivity contribution is 5.67. The second-order valence-electron chi connectivity index (χ2n) is 7.24. The van der Waals surface area contributed by atoms with Gasteiger partial charge in [0.15, 0.2) is 0 Å². The van der Waals surface area contributed by atoms with Crippen molar-refractivity contribution in [1.82, 2.24) is 10.6 Å². The van der Waals surface area contributed by atoms with Crippen molar-refractivity contribution in [2.45, 2.75) is 84.3 Å². The van der Waals surface area contributed by atoms with E-state index in [1.165, 1.54) is 44.9 Å². The van der Waals surface area contributed by atoms with Crippen LogP contribution < -0.4 is 10.6 Å². The third kappa shape index (κ3) is 8.97. The van der Waals surface area contributed by atoms with Crippen LogP contribution in [0.3, 0.4) is 0 Å². The molecule has 1 rings (SSSR count). The predicted molar refractivity (Wildman–Crippen MR) is 87.5 cm³/mol. The summed E-state index contributed by atoms with van der Waals surface area (Å²) in [5.41, 5.74) is -0.424. The second-order valence-corrected chi connectivity index (χ2v) is 7.24. The molecule has 0 bridgehead atoms. The lowest BCUT2D eigenvalue weighted by molar-refractivity contribution is 0.0528. The summed E-state index contributed by atoms with van der Waals surface area (Å²) in [4.78, 5) is 11.5. The SMILES string of the molecule is CCCC1CCCC(NCCNC(=O)OC(C)(C)C)CC1. The maximum absolute atomic E-state index is 11.5. The average Bonchev–Trinajstić information content (AvgIpc) is 2.59. The third-order valence-corrected chi connectivity index (χ3v) is 4.01. The van der Waals surface area contributed by atoms with Gasteiger partial charge >= 0.3 is 6.09 Å². The van der Waals surface area contributed by atoms with Crippen LogP contribution in [-0.2, 0) is 4.74 Å². The first-order chi connectivity index (χ1) is 9.90. The Bertz CT molecular complexity index is 300. The van der Waals surface area contributed by atoms with Gasteiger partial charge in [-0.1, -0.05) is 32.6 Å². The van der Waals surface area contributed by atoms with E-state index in [1.807, 2.05) is 20.8 Å². The summed E-state index contributed by atoms with van der Waals surface area (Å²) in [7, 11) is 0. The fourth-order valence-corrected chi connectivity index (χ4v) is 3.03. The van der Waals surface area contributed by atoms with Gasteiger partial charge in [-0.05, 0) is 46.0 Å². The Morgan fingerprint density at radius 3 is 2.57 bits per heavy atom. The Labute approximate surface area is 130 Å². The van der Waals surface area contributed by atoms with Crippen LogP contribution in [0.25, 0.3) is 0 Å². The van der Waals surface area contributed by atoms with Crippen molar-refractivity contribution in [3.63, 3.8) is 0 Å². The fourth-order valence-electron chi connectivity index (χ4n) is 3.03. The minimum absolute atomic E-state index is 0.326. The summed E-state index contributed by atoms with van der Waals surface area (Å²) in [6, 6.07) is 0.618. The van der Waals surface area contributed by atoms with Gasteiger partial charge in [0, 0.05) is 19.1 Å². The van der Waals surface area contributed by atoms with Gasteiger partial charge in [-0.2, -0.15) is 0 Å². The summed E-state index contributed by atoms with van der Waals surface area (Å²) in [6.45, 7) is 9.37. The number of hydrogen-bond donors (Lipinski definition) is 2. The van der Waals surface area contributed by atoms with Crippen LogP contribution in [0.1, 0.15) is 72.6 Å². The molecule has 2 atom stereocenters. The van der Waals surface area contributed by atoms with Gasteiger partial charge in [0.25, 0.3) is 0 Å². The van der Waals surface area contributed by atoms with Gasteiger partial charge in [0.2, 0.25) is 0 Å². The molecule has 1 amide bonds. The predicted octanol–water partition coefficient (Wildman–Crippen LogP) is 3.85. The summed E-state index contributed by atoms with van der Waals surface area (Å²) < 4.78 is 5.21. The van der Waals surface area contributed by atoms with Crippen molar-refractivity contribution in [2.24, 2.45) is 5.92 Å². The number of alkyl carbamates (subject to hydrolysis) is 1. The third-order valence-electron chi connectivity index (χ3n) is 4.01. The Morgan fingerprint density at radius 1 is 1.14 bits per heavy atom. The number of ether oxygens (including phenoxy) is 1. The molecule has 4 heteroatoms. The van der Waals surface area contributed by atoms with Gasteiger partial charge in [0.05, 0.1) is 0 Å². The number of rotatable bonds is 6. The monoisotopic (exact) mass is 298 g/mol. The lowest BCUT2D eigenvalue weighted by atomic mass is 9.95. The molecule has 1 fully saturated rings. The normalized spacial score (nSPS) is 23.4. The van der Waals surface area contributed by atoms with E-state index in [0.717, 1.165) is 12.5 Å². The molecular formula is C17H34N2O2. The standard InChI is InChI=1S/C17H34N2O2/c1-5-7-14-8-6-9-15(11-10-14)18-12-13-19-16(20)21-17(2,3)4/h14-15,18H,5-13H2,1-4H3,(H,19,20). The highest BCUT2D eigenvalue weighted by Gasteiger charge is 2.18. The molecule has 124 valence electrons. The first kappa shape index (κ1) is 18.3. The zero-order valence-electron chi connectivity index (χ0n) is 14.3. The summed E-state index contributed by atoms with van der Waals surface area (Å²) in [5, 5.41) is 6.37. The van der Waals surface area contributed by atoms with Crippen molar-refractivity contribution in [3.05, 3.63) is 0 Å². The quantitative estimate of drug-likeness (QED) is 0.578. The Morgan fingerprint density at radius 2 is 1.90 bits per heavy atom. The largest absolute Gasteiger partial charge is 0.444 e. The van der Waals surface area contributed by atoms with Crippen molar-refractivity contribution < 1.29 is 9.53 Å². The summed E-state index contributed by atoms with van der Waals surface area (Å²) in [5.74, 6) is 0.932. The minimum atomic E-state index is -0.424. The topological polar surface area (TPSA) is 50.4 Å². The van der Waals surface area contributed by atoms with Gasteiger partial charge in [0.1, 0.15) is 5.60 Å². The molecule has 0 spiro atoms. The lowest BCUT2D eigenvalue weighted by Gasteiger charge is -2.20. The molecule has 4 nitrogen and oxygen atoms in total. The molecule has 0 heterocycles. The van der Waals surface area contributed by atoms with Crippen molar-refractivity contribution in [3.8, 4) is 0 Å². The maximum atomic E-state index is 11.5. The molecular weight excluding hydrogens is 264 g/mol. The molecule has 2 N–H and O–H groups in total. The molecule has 1 saturated carbocycles. The zero-order chi connectivity index (χ0) is 15.7. The zero-order valence-corrected chi connectivity index (χ0v) is 14.3. The van der Waals surface area contributed by atoms with E-state index in [9.17, 15) is 4.79 Å². The van der Waals surface area contributed by atoms with Crippen LogP contribution in [0.4, 0.5) is 4.79 Å². The molecule has 0 aromatic carbocycles. The first-order valence-corrected chi connectivity index (χ1v) is 8.61. The van der Waals surface area contributed by atoms with Gasteiger partial charge < -0.3 is 15.4 Å². The van der Waals surface area contributed by atoms with Crippen molar-refractivity contribution in [2.75, 3.05) is 13.1 Å². The highest BCUT2D eigenvalue weighted by Crippen LogP contribution is 2.26. The summed E-state index contributed by atoms with van der Waals surface area (Å²) >= 11 is 0. The van der Waals surface area contributed by atoms with Gasteiger partial charge in [-0.15, -0.1) is 0 Å². The molecule has 0 saturated heterocycles. The Balaban J connectivity index is 2.11. The van der Waals surface area contributed by atoms with Crippen LogP contribution in [-0.4, -0.2) is 30.8 Å². The molecule has 1 aliphatic rings. The van der Waals surface area contributed by atoms with E-state index in [4.69, 9.17) is 4.74 Å². The van der Waals surface area contributed by atoms with Crippen molar-refractivity contribution in [1.29, 1.82) is 0 Å². The number of hydrogen-bond acceptors (Lipinski definition) is 3. The number of nitrogens with one attached hydrogen (secondary N) is 2. The number of carbonyl (C=O) groups is 1. The van der Waals surface area contributed by atoms with Crippen LogP contribution >= 0.6 is 0 Å². The summed E-state index contributed by atoms with van der Waals surface area (Å²) in [6.07, 6.45) is 8.99. The average molecular weight is 298 g/mol. The van der Waals surface area contributed by atoms with Gasteiger partial charge in [-0.3, -0.25) is 0 Å². The van der Waals surface area contributed by atoms with E-state index < -0.39 is 5.60 Å². The first-order valence-electron chi connectivity index (χ1n) is 8.61. The molecule has 0 radical (unpaired) electrons. The van der Waals surface area contributed by atoms with E-state index in [-0.39, 0.29) is 6.09 Å². The molecule has 0 aliphatic heterocycles. The van der Waals surface area contributed by atoms with Gasteiger partial charge in [-0.25, -0.2) is 4.79 Å². The lowest BCUT2D eigenvalue weighted by Crippen LogP contribution is -2.39. The molecule has 0 aromatic rings. The van der Waals surface area contributed by atoms with Crippen LogP contribution in [0.5, 0.6) is 0 Å². The smallest absolute Gasteiger partial charge is 0.407 e. The van der Waals surface area contributed by atoms with E-state index in [1.54, 1.807) is 0 Å². The van der Waals surface area contributed by atoms with E-state index >= 15 is 0 Å². The highest BCUT2D eigenvalue weighted by atomic mass is 16.6. The fraction of sp³-hybridized carbons (Fsp3) is 0.941. The Hall–Kier alpha value is -0.770. The van der Waals surface area contributed by atoms with Crippen LogP contribution in [0, 0.1) is 5.92 Å². The maximum Gasteiger partial charge on any atom is 0.407 e. The van der Waals surface area contributed by atoms with E-state index in [0.29, 0.717) is 12.6 Å². The minimum Gasteiger partial charge on any atom is -0.444 e. The molecule has 1 aliphatic carbocycles. The van der Waals surface area contributed by atoms with Crippen LogP contribution in [0.15, 0.2) is 0 Å². The number of amides is 1. The number of carbonyl (C=O) groups excluding carboxylic acids is 1. The van der Waals surface area contributed by atoms with E-state index in [2.05, 4.69) is 17.6 Å². The van der Waals surface area contributed by atoms with Crippen LogP contribution in [0.2, 0.25) is 0 Å². The molecule has 21 heavy (non-hydrogen) atoms. The van der Waals surface area contributed by atoms with Crippen molar-refractivity contribution >= 4 is 6.09 Å². The molecule has 2 unspecified atom stereocenters. The Kier molecular flexibility index (Phi) is 8.09. The second kappa shape index (κ2) is 9.29. The molecule has 0 aromatic heterocycles.